The van der Waals surface area contributed by atoms with Crippen LogP contribution in [0.4, 0.5) is 5.69 Å². The quantitative estimate of drug-likeness (QED) is 0.811. The first kappa shape index (κ1) is 15.6. The highest BCUT2D eigenvalue weighted by Crippen LogP contribution is 2.27. The highest BCUT2D eigenvalue weighted by molar-refractivity contribution is 6.30. The van der Waals surface area contributed by atoms with Gasteiger partial charge in [0.15, 0.2) is 0 Å². The van der Waals surface area contributed by atoms with E-state index >= 15 is 0 Å². The summed E-state index contributed by atoms with van der Waals surface area (Å²) < 4.78 is 0. The molecule has 0 spiro atoms. The molecule has 0 atom stereocenters. The van der Waals surface area contributed by atoms with E-state index in [4.69, 9.17) is 11.6 Å². The molecule has 0 radical (unpaired) electrons. The third-order valence-electron chi connectivity index (χ3n) is 3.50. The minimum Gasteiger partial charge on any atom is -0.389 e. The van der Waals surface area contributed by atoms with Crippen LogP contribution in [0.3, 0.4) is 0 Å². The molecule has 4 heteroatoms. The van der Waals surface area contributed by atoms with Crippen molar-refractivity contribution in [2.75, 3.05) is 18.0 Å². The van der Waals surface area contributed by atoms with Crippen LogP contribution in [-0.4, -0.2) is 29.8 Å². The Kier molecular flexibility index (Phi) is 4.95. The van der Waals surface area contributed by atoms with Gasteiger partial charge in [0.2, 0.25) is 0 Å². The summed E-state index contributed by atoms with van der Waals surface area (Å²) in [6.07, 6.45) is 2.55. The highest BCUT2D eigenvalue weighted by Gasteiger charge is 2.22. The summed E-state index contributed by atoms with van der Waals surface area (Å²) in [5, 5.41) is 14.4. The van der Waals surface area contributed by atoms with E-state index in [0.29, 0.717) is 12.6 Å². The first-order chi connectivity index (χ1) is 9.39. The fraction of sp³-hybridized carbons (Fsp3) is 0.625. The van der Waals surface area contributed by atoms with Gasteiger partial charge < -0.3 is 15.3 Å². The topological polar surface area (TPSA) is 35.5 Å². The van der Waals surface area contributed by atoms with E-state index < -0.39 is 5.60 Å². The van der Waals surface area contributed by atoms with E-state index in [9.17, 15) is 5.11 Å². The van der Waals surface area contributed by atoms with Gasteiger partial charge in [-0.15, -0.1) is 0 Å². The third kappa shape index (κ3) is 4.65. The Hall–Kier alpha value is -0.770. The van der Waals surface area contributed by atoms with Gasteiger partial charge in [0.25, 0.3) is 0 Å². The van der Waals surface area contributed by atoms with E-state index in [2.05, 4.69) is 23.2 Å². The summed E-state index contributed by atoms with van der Waals surface area (Å²) in [6.45, 7) is 8.10. The number of hydrogen-bond acceptors (Lipinski definition) is 3. The van der Waals surface area contributed by atoms with Crippen LogP contribution in [0.2, 0.25) is 5.02 Å². The summed E-state index contributed by atoms with van der Waals surface area (Å²) in [7, 11) is 0. The lowest BCUT2D eigenvalue weighted by molar-refractivity contribution is 0.0875. The van der Waals surface area contributed by atoms with Crippen LogP contribution in [0.15, 0.2) is 18.2 Å². The molecule has 1 fully saturated rings. The van der Waals surface area contributed by atoms with Crippen molar-refractivity contribution in [2.45, 2.75) is 51.8 Å². The molecular weight excluding hydrogens is 272 g/mol. The second-order valence-electron chi connectivity index (χ2n) is 6.25. The second kappa shape index (κ2) is 6.33. The zero-order valence-electron chi connectivity index (χ0n) is 12.6. The predicted molar refractivity (Wildman–Crippen MR) is 85.5 cm³/mol. The largest absolute Gasteiger partial charge is 0.389 e. The Labute approximate surface area is 126 Å². The summed E-state index contributed by atoms with van der Waals surface area (Å²) in [5.74, 6) is 0. The molecule has 0 unspecified atom stereocenters. The van der Waals surface area contributed by atoms with Gasteiger partial charge in [0, 0.05) is 36.4 Å². The van der Waals surface area contributed by atoms with Crippen molar-refractivity contribution in [1.82, 2.24) is 5.32 Å². The van der Waals surface area contributed by atoms with E-state index in [1.54, 1.807) is 0 Å². The van der Waals surface area contributed by atoms with Crippen molar-refractivity contribution in [1.29, 1.82) is 0 Å². The van der Waals surface area contributed by atoms with Gasteiger partial charge in [-0.1, -0.05) is 11.6 Å². The number of rotatable bonds is 7. The average molecular weight is 297 g/mol. The predicted octanol–water partition coefficient (Wildman–Crippen LogP) is 3.19. The number of hydrogen-bond donors (Lipinski definition) is 2. The molecule has 0 amide bonds. The Balaban J connectivity index is 2.17. The van der Waals surface area contributed by atoms with Gasteiger partial charge in [-0.2, -0.15) is 0 Å². The van der Waals surface area contributed by atoms with Crippen molar-refractivity contribution < 1.29 is 5.11 Å². The van der Waals surface area contributed by atoms with Crippen LogP contribution >= 0.6 is 11.6 Å². The smallest absolute Gasteiger partial charge is 0.0765 e. The van der Waals surface area contributed by atoms with Crippen molar-refractivity contribution >= 4 is 17.3 Å². The second-order valence-corrected chi connectivity index (χ2v) is 6.69. The molecule has 2 rings (SSSR count). The van der Waals surface area contributed by atoms with Crippen LogP contribution < -0.4 is 10.2 Å². The van der Waals surface area contributed by atoms with Gasteiger partial charge in [0.1, 0.15) is 0 Å². The molecule has 0 bridgehead atoms. The summed E-state index contributed by atoms with van der Waals surface area (Å²) >= 11 is 6.13. The Morgan fingerprint density at radius 2 is 2.10 bits per heavy atom. The maximum absolute atomic E-state index is 10.1. The lowest BCUT2D eigenvalue weighted by Crippen LogP contribution is -2.39. The maximum Gasteiger partial charge on any atom is 0.0765 e. The normalized spacial score (nSPS) is 15.4. The first-order valence-corrected chi connectivity index (χ1v) is 7.76. The van der Waals surface area contributed by atoms with Crippen molar-refractivity contribution in [3.8, 4) is 0 Å². The van der Waals surface area contributed by atoms with Crippen LogP contribution in [0.1, 0.15) is 39.2 Å². The van der Waals surface area contributed by atoms with Crippen molar-refractivity contribution in [2.24, 2.45) is 0 Å². The lowest BCUT2D eigenvalue weighted by atomic mass is 10.1. The Morgan fingerprint density at radius 3 is 2.65 bits per heavy atom. The SMILES string of the molecule is CCN(CC(C)(C)O)c1ccc(Cl)cc1CNC1CC1. The van der Waals surface area contributed by atoms with Gasteiger partial charge >= 0.3 is 0 Å². The summed E-state index contributed by atoms with van der Waals surface area (Å²) in [6, 6.07) is 6.68. The molecule has 112 valence electrons. The standard InChI is InChI=1S/C16H25ClN2O/c1-4-19(11-16(2,3)20)15-8-5-13(17)9-12(15)10-18-14-6-7-14/h5,8-9,14,18,20H,4,6-7,10-11H2,1-3H3. The van der Waals surface area contributed by atoms with Crippen molar-refractivity contribution in [3.05, 3.63) is 28.8 Å². The molecule has 0 aliphatic heterocycles. The molecule has 20 heavy (non-hydrogen) atoms. The molecule has 0 aromatic heterocycles. The van der Waals surface area contributed by atoms with Crippen LogP contribution in [0.25, 0.3) is 0 Å². The molecule has 2 N–H and O–H groups in total. The van der Waals surface area contributed by atoms with E-state index in [0.717, 1.165) is 23.8 Å². The maximum atomic E-state index is 10.1. The summed E-state index contributed by atoms with van der Waals surface area (Å²) in [4.78, 5) is 2.21. The van der Waals surface area contributed by atoms with Crippen molar-refractivity contribution in [3.63, 3.8) is 0 Å². The number of nitrogens with one attached hydrogen (secondary N) is 1. The zero-order valence-corrected chi connectivity index (χ0v) is 13.4. The monoisotopic (exact) mass is 296 g/mol. The van der Waals surface area contributed by atoms with Crippen LogP contribution in [0, 0.1) is 0 Å². The fourth-order valence-corrected chi connectivity index (χ4v) is 2.58. The fourth-order valence-electron chi connectivity index (χ4n) is 2.38. The van der Waals surface area contributed by atoms with E-state index in [1.807, 2.05) is 26.0 Å². The molecule has 1 saturated carbocycles. The van der Waals surface area contributed by atoms with Gasteiger partial charge in [-0.05, 0) is 57.4 Å². The Morgan fingerprint density at radius 1 is 1.40 bits per heavy atom. The van der Waals surface area contributed by atoms with E-state index in [-0.39, 0.29) is 0 Å². The van der Waals surface area contributed by atoms with Crippen LogP contribution in [0.5, 0.6) is 0 Å². The molecule has 1 aromatic rings. The Bertz CT molecular complexity index is 452. The minimum absolute atomic E-state index is 0.613. The molecule has 1 aromatic carbocycles. The number of nitrogens with zero attached hydrogens (tertiary/aromatic N) is 1. The molecule has 0 heterocycles. The van der Waals surface area contributed by atoms with Gasteiger partial charge in [-0.3, -0.25) is 0 Å². The van der Waals surface area contributed by atoms with Gasteiger partial charge in [0.05, 0.1) is 5.60 Å². The number of halogens is 1. The number of likely N-dealkylation sites (N-methyl/N-ethyl adjacent to an activating group) is 1. The third-order valence-corrected chi connectivity index (χ3v) is 3.74. The average Bonchev–Trinajstić information content (AvgIpc) is 3.17. The highest BCUT2D eigenvalue weighted by atomic mass is 35.5. The molecule has 3 nitrogen and oxygen atoms in total. The molecule has 1 aliphatic carbocycles. The summed E-state index contributed by atoms with van der Waals surface area (Å²) in [5.41, 5.74) is 1.65. The zero-order chi connectivity index (χ0) is 14.8. The van der Waals surface area contributed by atoms with Gasteiger partial charge in [-0.25, -0.2) is 0 Å². The van der Waals surface area contributed by atoms with E-state index in [1.165, 1.54) is 18.4 Å². The number of benzene rings is 1. The first-order valence-electron chi connectivity index (χ1n) is 7.38. The molecular formula is C16H25ClN2O. The minimum atomic E-state index is -0.711. The van der Waals surface area contributed by atoms with Crippen LogP contribution in [-0.2, 0) is 6.54 Å². The molecule has 1 aliphatic rings. The number of anilines is 1. The molecule has 0 saturated heterocycles. The number of aliphatic hydroxyl groups is 1. The lowest BCUT2D eigenvalue weighted by Gasteiger charge is -2.31.